The van der Waals surface area contributed by atoms with Gasteiger partial charge >= 0.3 is 0 Å². The fraction of sp³-hybridized carbons (Fsp3) is 0.286. The van der Waals surface area contributed by atoms with Gasteiger partial charge in [0.2, 0.25) is 11.7 Å². The van der Waals surface area contributed by atoms with Gasteiger partial charge in [0.15, 0.2) is 0 Å². The summed E-state index contributed by atoms with van der Waals surface area (Å²) in [6, 6.07) is 7.62. The zero-order chi connectivity index (χ0) is 20.0. The third-order valence-electron chi connectivity index (χ3n) is 5.35. The van der Waals surface area contributed by atoms with Gasteiger partial charge < -0.3 is 14.0 Å². The number of aromatic nitrogens is 5. The Bertz CT molecular complexity index is 1220. The van der Waals surface area contributed by atoms with Crippen LogP contribution >= 0.6 is 0 Å². The van der Waals surface area contributed by atoms with Crippen molar-refractivity contribution in [3.05, 3.63) is 48.2 Å². The van der Waals surface area contributed by atoms with Crippen molar-refractivity contribution >= 4 is 16.8 Å². The molecule has 29 heavy (non-hydrogen) atoms. The Morgan fingerprint density at radius 2 is 1.90 bits per heavy atom. The summed E-state index contributed by atoms with van der Waals surface area (Å²) in [5.74, 6) is 1.11. The summed E-state index contributed by atoms with van der Waals surface area (Å²) in [6.07, 6.45) is 5.64. The smallest absolute Gasteiger partial charge is 0.270 e. The fourth-order valence-corrected chi connectivity index (χ4v) is 3.79. The molecule has 5 heterocycles. The third-order valence-corrected chi connectivity index (χ3v) is 5.35. The molecule has 4 aromatic heterocycles. The molecular weight excluding hydrogens is 368 g/mol. The SMILES string of the molecule is Cc1nc(-c2ccnc(-c3cc4cc(C(=O)N5CCCC5)n(C)c4cn3)c2)no1. The van der Waals surface area contributed by atoms with E-state index in [0.29, 0.717) is 23.1 Å². The van der Waals surface area contributed by atoms with Crippen LogP contribution in [0.3, 0.4) is 0 Å². The van der Waals surface area contributed by atoms with Gasteiger partial charge in [0, 0.05) is 44.2 Å². The largest absolute Gasteiger partial charge is 0.339 e. The molecule has 0 atom stereocenters. The number of hydrogen-bond donors (Lipinski definition) is 0. The summed E-state index contributed by atoms with van der Waals surface area (Å²) < 4.78 is 6.98. The lowest BCUT2D eigenvalue weighted by Gasteiger charge is -2.15. The first-order valence-corrected chi connectivity index (χ1v) is 9.62. The highest BCUT2D eigenvalue weighted by atomic mass is 16.5. The molecule has 8 heteroatoms. The standard InChI is InChI=1S/C21H20N6O2/c1-13-24-20(25-29-13)14-5-6-22-16(9-14)17-10-15-11-18(26(2)19(15)12-23-17)21(28)27-7-3-4-8-27/h5-6,9-12H,3-4,7-8H2,1-2H3. The highest BCUT2D eigenvalue weighted by Crippen LogP contribution is 2.26. The molecular formula is C21H20N6O2. The topological polar surface area (TPSA) is 89.9 Å². The fourth-order valence-electron chi connectivity index (χ4n) is 3.79. The van der Waals surface area contributed by atoms with E-state index >= 15 is 0 Å². The van der Waals surface area contributed by atoms with Crippen LogP contribution in [0.25, 0.3) is 33.7 Å². The lowest BCUT2D eigenvalue weighted by molar-refractivity contribution is 0.0784. The van der Waals surface area contributed by atoms with Gasteiger partial charge in [-0.3, -0.25) is 14.8 Å². The number of rotatable bonds is 3. The van der Waals surface area contributed by atoms with Crippen LogP contribution in [0.4, 0.5) is 0 Å². The zero-order valence-corrected chi connectivity index (χ0v) is 16.3. The van der Waals surface area contributed by atoms with E-state index in [0.717, 1.165) is 48.1 Å². The van der Waals surface area contributed by atoms with Crippen LogP contribution < -0.4 is 0 Å². The zero-order valence-electron chi connectivity index (χ0n) is 16.3. The van der Waals surface area contributed by atoms with Crippen LogP contribution in [-0.2, 0) is 7.05 Å². The van der Waals surface area contributed by atoms with Crippen molar-refractivity contribution in [3.63, 3.8) is 0 Å². The molecule has 1 aliphatic rings. The number of nitrogens with zero attached hydrogens (tertiary/aromatic N) is 6. The van der Waals surface area contributed by atoms with Crippen LogP contribution in [0.15, 0.2) is 41.2 Å². The van der Waals surface area contributed by atoms with Crippen molar-refractivity contribution in [2.24, 2.45) is 7.05 Å². The number of fused-ring (bicyclic) bond motifs is 1. The Labute approximate surface area is 167 Å². The molecule has 1 aliphatic heterocycles. The molecule has 0 N–H and O–H groups in total. The van der Waals surface area contributed by atoms with Crippen molar-refractivity contribution in [2.75, 3.05) is 13.1 Å². The molecule has 1 saturated heterocycles. The van der Waals surface area contributed by atoms with E-state index in [2.05, 4.69) is 20.1 Å². The third kappa shape index (κ3) is 3.06. The van der Waals surface area contributed by atoms with Crippen molar-refractivity contribution in [3.8, 4) is 22.8 Å². The number of carbonyl (C=O) groups excluding carboxylic acids is 1. The number of hydrogen-bond acceptors (Lipinski definition) is 6. The molecule has 8 nitrogen and oxygen atoms in total. The number of carbonyl (C=O) groups is 1. The highest BCUT2D eigenvalue weighted by Gasteiger charge is 2.23. The van der Waals surface area contributed by atoms with Crippen molar-refractivity contribution < 1.29 is 9.32 Å². The van der Waals surface area contributed by atoms with Gasteiger partial charge in [-0.15, -0.1) is 0 Å². The van der Waals surface area contributed by atoms with E-state index in [4.69, 9.17) is 4.52 Å². The Kier molecular flexibility index (Phi) is 4.12. The van der Waals surface area contributed by atoms with Crippen molar-refractivity contribution in [1.29, 1.82) is 0 Å². The molecule has 0 bridgehead atoms. The summed E-state index contributed by atoms with van der Waals surface area (Å²) in [6.45, 7) is 3.41. The normalized spacial score (nSPS) is 14.1. The van der Waals surface area contributed by atoms with E-state index in [-0.39, 0.29) is 5.91 Å². The Hall–Kier alpha value is -3.55. The van der Waals surface area contributed by atoms with E-state index in [9.17, 15) is 4.79 Å². The van der Waals surface area contributed by atoms with Crippen LogP contribution in [0.2, 0.25) is 0 Å². The Morgan fingerprint density at radius 3 is 2.66 bits per heavy atom. The second kappa shape index (κ2) is 6.80. The van der Waals surface area contributed by atoms with Gasteiger partial charge in [-0.05, 0) is 37.1 Å². The van der Waals surface area contributed by atoms with Crippen LogP contribution in [0.5, 0.6) is 0 Å². The summed E-state index contributed by atoms with van der Waals surface area (Å²) in [4.78, 5) is 28.0. The summed E-state index contributed by atoms with van der Waals surface area (Å²) in [5.41, 5.74) is 3.85. The first kappa shape index (κ1) is 17.5. The minimum absolute atomic E-state index is 0.0790. The Balaban J connectivity index is 1.53. The molecule has 146 valence electrons. The highest BCUT2D eigenvalue weighted by molar-refractivity contribution is 5.99. The summed E-state index contributed by atoms with van der Waals surface area (Å²) in [7, 11) is 1.91. The summed E-state index contributed by atoms with van der Waals surface area (Å²) in [5, 5.41) is 4.92. The second-order valence-corrected chi connectivity index (χ2v) is 7.28. The number of aryl methyl sites for hydroxylation is 2. The van der Waals surface area contributed by atoms with E-state index in [1.165, 1.54) is 0 Å². The van der Waals surface area contributed by atoms with Crippen molar-refractivity contribution in [1.82, 2.24) is 29.6 Å². The van der Waals surface area contributed by atoms with Crippen LogP contribution in [0.1, 0.15) is 29.2 Å². The molecule has 0 aromatic carbocycles. The van der Waals surface area contributed by atoms with Crippen LogP contribution in [-0.4, -0.2) is 48.6 Å². The molecule has 0 saturated carbocycles. The first-order chi connectivity index (χ1) is 14.1. The maximum Gasteiger partial charge on any atom is 0.270 e. The predicted octanol–water partition coefficient (Wildman–Crippen LogP) is 3.23. The van der Waals surface area contributed by atoms with E-state index in [1.54, 1.807) is 19.3 Å². The van der Waals surface area contributed by atoms with Gasteiger partial charge in [0.25, 0.3) is 5.91 Å². The number of likely N-dealkylation sites (tertiary alicyclic amines) is 1. The lowest BCUT2D eigenvalue weighted by atomic mass is 10.1. The molecule has 0 unspecified atom stereocenters. The van der Waals surface area contributed by atoms with E-state index in [1.807, 2.05) is 40.8 Å². The minimum atomic E-state index is 0.0790. The molecule has 1 amide bonds. The van der Waals surface area contributed by atoms with Gasteiger partial charge in [0.05, 0.1) is 23.1 Å². The number of pyridine rings is 2. The quantitative estimate of drug-likeness (QED) is 0.535. The molecule has 1 fully saturated rings. The average Bonchev–Trinajstić information content (AvgIpc) is 3.48. The molecule has 0 aliphatic carbocycles. The molecule has 0 radical (unpaired) electrons. The Morgan fingerprint density at radius 1 is 1.10 bits per heavy atom. The molecule has 5 rings (SSSR count). The van der Waals surface area contributed by atoms with Crippen LogP contribution in [0, 0.1) is 6.92 Å². The lowest BCUT2D eigenvalue weighted by Crippen LogP contribution is -2.29. The maximum absolute atomic E-state index is 12.8. The molecule has 0 spiro atoms. The van der Waals surface area contributed by atoms with Gasteiger partial charge in [0.1, 0.15) is 5.69 Å². The molecule has 4 aromatic rings. The van der Waals surface area contributed by atoms with Crippen molar-refractivity contribution in [2.45, 2.75) is 19.8 Å². The monoisotopic (exact) mass is 388 g/mol. The minimum Gasteiger partial charge on any atom is -0.339 e. The van der Waals surface area contributed by atoms with Gasteiger partial charge in [-0.1, -0.05) is 5.16 Å². The number of amides is 1. The van der Waals surface area contributed by atoms with Gasteiger partial charge in [-0.2, -0.15) is 4.98 Å². The maximum atomic E-state index is 12.8. The second-order valence-electron chi connectivity index (χ2n) is 7.28. The average molecular weight is 388 g/mol. The summed E-state index contributed by atoms with van der Waals surface area (Å²) >= 11 is 0. The predicted molar refractivity (Wildman–Crippen MR) is 107 cm³/mol. The van der Waals surface area contributed by atoms with E-state index < -0.39 is 0 Å². The first-order valence-electron chi connectivity index (χ1n) is 9.62. The van der Waals surface area contributed by atoms with Gasteiger partial charge in [-0.25, -0.2) is 0 Å².